The summed E-state index contributed by atoms with van der Waals surface area (Å²) in [6, 6.07) is 13.4. The summed E-state index contributed by atoms with van der Waals surface area (Å²) < 4.78 is 5.36. The van der Waals surface area contributed by atoms with Crippen molar-refractivity contribution >= 4 is 5.91 Å². The Labute approximate surface area is 163 Å². The number of benzene rings is 2. The Morgan fingerprint density at radius 2 is 1.86 bits per heavy atom. The molecule has 0 bridgehead atoms. The van der Waals surface area contributed by atoms with Crippen LogP contribution in [-0.2, 0) is 17.8 Å². The third-order valence-corrected chi connectivity index (χ3v) is 5.34. The van der Waals surface area contributed by atoms with Crippen LogP contribution < -0.4 is 5.32 Å². The topological polar surface area (TPSA) is 89.2 Å². The molecular formula is C22H20N4O2. The van der Waals surface area contributed by atoms with Crippen molar-refractivity contribution in [3.8, 4) is 23.4 Å². The fourth-order valence-electron chi connectivity index (χ4n) is 3.81. The zero-order chi connectivity index (χ0) is 19.5. The van der Waals surface area contributed by atoms with Crippen molar-refractivity contribution in [3.63, 3.8) is 0 Å². The van der Waals surface area contributed by atoms with Crippen LogP contribution in [0.1, 0.15) is 39.9 Å². The van der Waals surface area contributed by atoms with E-state index in [0.29, 0.717) is 37.4 Å². The summed E-state index contributed by atoms with van der Waals surface area (Å²) in [5.74, 6) is -0.0972. The molecule has 4 rings (SSSR count). The van der Waals surface area contributed by atoms with Gasteiger partial charge < -0.3 is 15.0 Å². The first kappa shape index (κ1) is 18.0. The molecule has 0 radical (unpaired) electrons. The molecule has 140 valence electrons. The van der Waals surface area contributed by atoms with Crippen LogP contribution in [-0.4, -0.2) is 30.1 Å². The summed E-state index contributed by atoms with van der Waals surface area (Å²) in [6.07, 6.45) is 3.84. The third kappa shape index (κ3) is 3.55. The molecule has 0 atom stereocenters. The molecule has 2 aliphatic heterocycles. The monoisotopic (exact) mass is 372 g/mol. The van der Waals surface area contributed by atoms with Crippen molar-refractivity contribution in [3.05, 3.63) is 58.7 Å². The van der Waals surface area contributed by atoms with Gasteiger partial charge in [0.2, 0.25) is 0 Å². The summed E-state index contributed by atoms with van der Waals surface area (Å²) in [7, 11) is 0. The van der Waals surface area contributed by atoms with Gasteiger partial charge in [0.25, 0.3) is 5.91 Å². The van der Waals surface area contributed by atoms with Crippen molar-refractivity contribution in [2.24, 2.45) is 0 Å². The van der Waals surface area contributed by atoms with Crippen molar-refractivity contribution in [1.29, 1.82) is 10.5 Å². The van der Waals surface area contributed by atoms with Gasteiger partial charge >= 0.3 is 0 Å². The minimum atomic E-state index is -0.0972. The molecular weight excluding hydrogens is 352 g/mol. The maximum atomic E-state index is 12.9. The predicted molar refractivity (Wildman–Crippen MR) is 103 cm³/mol. The zero-order valence-electron chi connectivity index (χ0n) is 15.4. The molecule has 28 heavy (non-hydrogen) atoms. The number of hydrogen-bond acceptors (Lipinski definition) is 5. The number of nitriles is 2. The van der Waals surface area contributed by atoms with E-state index in [1.807, 2.05) is 24.3 Å². The molecule has 0 saturated carbocycles. The Morgan fingerprint density at radius 3 is 2.54 bits per heavy atom. The van der Waals surface area contributed by atoms with E-state index in [1.54, 1.807) is 17.0 Å². The second-order valence-electron chi connectivity index (χ2n) is 7.17. The molecule has 1 amide bonds. The molecule has 2 heterocycles. The third-order valence-electron chi connectivity index (χ3n) is 5.34. The van der Waals surface area contributed by atoms with E-state index < -0.39 is 0 Å². The van der Waals surface area contributed by atoms with E-state index in [1.165, 1.54) is 0 Å². The number of nitrogens with one attached hydrogen (secondary N) is 1. The van der Waals surface area contributed by atoms with Gasteiger partial charge in [-0.15, -0.1) is 0 Å². The van der Waals surface area contributed by atoms with Crippen LogP contribution in [0.5, 0.6) is 0 Å². The maximum absolute atomic E-state index is 12.9. The first-order valence-corrected chi connectivity index (χ1v) is 9.37. The summed E-state index contributed by atoms with van der Waals surface area (Å²) in [4.78, 5) is 14.6. The van der Waals surface area contributed by atoms with Gasteiger partial charge in [-0.25, -0.2) is 0 Å². The molecule has 6 heteroatoms. The highest BCUT2D eigenvalue weighted by molar-refractivity contribution is 5.96. The molecule has 1 N–H and O–H groups in total. The van der Waals surface area contributed by atoms with Crippen LogP contribution in [0.4, 0.5) is 0 Å². The Morgan fingerprint density at radius 1 is 1.11 bits per heavy atom. The van der Waals surface area contributed by atoms with E-state index in [-0.39, 0.29) is 11.9 Å². The number of nitrogens with zero attached hydrogens (tertiary/aromatic N) is 3. The summed E-state index contributed by atoms with van der Waals surface area (Å²) in [6.45, 7) is 2.38. The molecule has 0 spiro atoms. The number of ether oxygens (including phenoxy) is 1. The van der Waals surface area contributed by atoms with Gasteiger partial charge in [-0.3, -0.25) is 4.79 Å². The van der Waals surface area contributed by atoms with Crippen molar-refractivity contribution in [2.75, 3.05) is 13.2 Å². The van der Waals surface area contributed by atoms with Crippen LogP contribution in [0.25, 0.3) is 11.1 Å². The normalized spacial score (nSPS) is 16.1. The maximum Gasteiger partial charge on any atom is 0.251 e. The number of amides is 1. The second-order valence-corrected chi connectivity index (χ2v) is 7.17. The Hall–Kier alpha value is -3.35. The van der Waals surface area contributed by atoms with Gasteiger partial charge in [0.05, 0.1) is 24.7 Å². The predicted octanol–water partition coefficient (Wildman–Crippen LogP) is 2.93. The quantitative estimate of drug-likeness (QED) is 0.837. The van der Waals surface area contributed by atoms with Crippen molar-refractivity contribution < 1.29 is 9.53 Å². The highest BCUT2D eigenvalue weighted by Crippen LogP contribution is 2.34. The molecule has 2 aromatic carbocycles. The van der Waals surface area contributed by atoms with E-state index in [4.69, 9.17) is 10.00 Å². The van der Waals surface area contributed by atoms with E-state index >= 15 is 0 Å². The lowest BCUT2D eigenvalue weighted by atomic mass is 9.93. The zero-order valence-corrected chi connectivity index (χ0v) is 15.4. The van der Waals surface area contributed by atoms with Crippen LogP contribution >= 0.6 is 0 Å². The van der Waals surface area contributed by atoms with Crippen LogP contribution in [0, 0.1) is 22.8 Å². The summed E-state index contributed by atoms with van der Waals surface area (Å²) >= 11 is 0. The molecule has 6 nitrogen and oxygen atoms in total. The Bertz CT molecular complexity index is 979. The number of rotatable bonds is 3. The fourth-order valence-corrected chi connectivity index (χ4v) is 3.81. The summed E-state index contributed by atoms with van der Waals surface area (Å²) in [5.41, 5.74) is 5.14. The molecule has 0 unspecified atom stereocenters. The van der Waals surface area contributed by atoms with Gasteiger partial charge in [-0.1, -0.05) is 12.1 Å². The second kappa shape index (κ2) is 7.72. The molecule has 1 saturated heterocycles. The standard InChI is InChI=1S/C22H20N4O2/c23-11-15-1-3-16(4-2-15)20-10-17(9-18-12-26(14-24)13-21(18)20)22(27)25-19-5-7-28-8-6-19/h1-4,9-10,19H,5-8,12-13H2,(H,25,27). The molecule has 0 aliphatic carbocycles. The van der Waals surface area contributed by atoms with Gasteiger partial charge in [0, 0.05) is 24.8 Å². The molecule has 2 aliphatic rings. The average Bonchev–Trinajstić information content (AvgIpc) is 3.17. The minimum absolute atomic E-state index is 0.0972. The number of carbonyl (C=O) groups excluding carboxylic acids is 1. The lowest BCUT2D eigenvalue weighted by Gasteiger charge is -2.23. The van der Waals surface area contributed by atoms with Crippen LogP contribution in [0.2, 0.25) is 0 Å². The highest BCUT2D eigenvalue weighted by Gasteiger charge is 2.25. The van der Waals surface area contributed by atoms with Crippen LogP contribution in [0.3, 0.4) is 0 Å². The lowest BCUT2D eigenvalue weighted by Crippen LogP contribution is -2.38. The minimum Gasteiger partial charge on any atom is -0.381 e. The first-order valence-electron chi connectivity index (χ1n) is 9.37. The molecule has 2 aromatic rings. The number of carbonyl (C=O) groups is 1. The average molecular weight is 372 g/mol. The number of fused-ring (bicyclic) bond motifs is 1. The molecule has 0 aromatic heterocycles. The Balaban J connectivity index is 1.69. The van der Waals surface area contributed by atoms with Crippen molar-refractivity contribution in [2.45, 2.75) is 32.0 Å². The van der Waals surface area contributed by atoms with E-state index in [9.17, 15) is 10.1 Å². The first-order chi connectivity index (χ1) is 13.7. The SMILES string of the molecule is N#Cc1ccc(-c2cc(C(=O)NC3CCOCC3)cc3c2CN(C#N)C3)cc1. The van der Waals surface area contributed by atoms with Crippen molar-refractivity contribution in [1.82, 2.24) is 10.2 Å². The summed E-state index contributed by atoms with van der Waals surface area (Å²) in [5, 5.41) is 21.5. The van der Waals surface area contributed by atoms with Gasteiger partial charge in [-0.05, 0) is 59.4 Å². The Kier molecular flexibility index (Phi) is 4.97. The van der Waals surface area contributed by atoms with Gasteiger partial charge in [0.1, 0.15) is 0 Å². The van der Waals surface area contributed by atoms with Gasteiger partial charge in [0.15, 0.2) is 6.19 Å². The lowest BCUT2D eigenvalue weighted by molar-refractivity contribution is 0.0696. The fraction of sp³-hybridized carbons (Fsp3) is 0.318. The smallest absolute Gasteiger partial charge is 0.251 e. The number of hydrogen-bond donors (Lipinski definition) is 1. The van der Waals surface area contributed by atoms with Gasteiger partial charge in [-0.2, -0.15) is 10.5 Å². The molecule has 1 fully saturated rings. The van der Waals surface area contributed by atoms with E-state index in [0.717, 1.165) is 35.1 Å². The van der Waals surface area contributed by atoms with Crippen LogP contribution in [0.15, 0.2) is 36.4 Å². The van der Waals surface area contributed by atoms with E-state index in [2.05, 4.69) is 17.6 Å². The highest BCUT2D eigenvalue weighted by atomic mass is 16.5. The largest absolute Gasteiger partial charge is 0.381 e.